The number of aliphatic hydroxyl groups excluding tert-OH is 2. The fourth-order valence-electron chi connectivity index (χ4n) is 6.35. The van der Waals surface area contributed by atoms with Crippen LogP contribution in [0.2, 0.25) is 0 Å². The number of benzene rings is 4. The van der Waals surface area contributed by atoms with E-state index < -0.39 is 23.0 Å². The van der Waals surface area contributed by atoms with Gasteiger partial charge in [-0.15, -0.1) is 0 Å². The lowest BCUT2D eigenvalue weighted by Crippen LogP contribution is -2.41. The largest absolute Gasteiger partial charge is 0.497 e. The van der Waals surface area contributed by atoms with Crippen molar-refractivity contribution in [2.75, 3.05) is 41.7 Å². The molecule has 0 heterocycles. The van der Waals surface area contributed by atoms with Crippen molar-refractivity contribution in [3.63, 3.8) is 0 Å². The lowest BCUT2D eigenvalue weighted by Gasteiger charge is -2.40. The van der Waals surface area contributed by atoms with Gasteiger partial charge in [0.15, 0.2) is 0 Å². The molecule has 4 aromatic carbocycles. The molecule has 45 heavy (non-hydrogen) atoms. The van der Waals surface area contributed by atoms with Crippen LogP contribution in [-0.4, -0.2) is 64.1 Å². The molecule has 4 atom stereocenters. The Hall–Kier alpha value is -4.04. The average molecular weight is 615 g/mol. The molecule has 0 bridgehead atoms. The minimum absolute atomic E-state index is 0.230. The Morgan fingerprint density at radius 2 is 0.800 bits per heavy atom. The summed E-state index contributed by atoms with van der Waals surface area (Å²) < 4.78 is 29.5. The van der Waals surface area contributed by atoms with Crippen molar-refractivity contribution >= 4 is 0 Å². The smallest absolute Gasteiger partial charge is 0.122 e. The Morgan fingerprint density at radius 3 is 1.07 bits per heavy atom. The van der Waals surface area contributed by atoms with Gasteiger partial charge >= 0.3 is 0 Å². The van der Waals surface area contributed by atoms with Crippen LogP contribution in [0.1, 0.15) is 48.9 Å². The maximum absolute atomic E-state index is 10.9. The number of hydrogen-bond acceptors (Lipinski definition) is 7. The van der Waals surface area contributed by atoms with Crippen LogP contribution in [0.25, 0.3) is 0 Å². The summed E-state index contributed by atoms with van der Waals surface area (Å²) in [4.78, 5) is 0. The summed E-state index contributed by atoms with van der Waals surface area (Å²) in [6.07, 6.45) is -0.528. The second kappa shape index (κ2) is 15.3. The van der Waals surface area contributed by atoms with Gasteiger partial charge in [0.2, 0.25) is 0 Å². The Morgan fingerprint density at radius 1 is 0.489 bits per heavy atom. The van der Waals surface area contributed by atoms with E-state index in [9.17, 15) is 10.2 Å². The molecule has 0 aliphatic heterocycles. The molecule has 4 rings (SSSR count). The molecule has 2 N–H and O–H groups in total. The number of aliphatic hydroxyl groups is 2. The molecule has 0 aromatic heterocycles. The van der Waals surface area contributed by atoms with Crippen LogP contribution in [0.4, 0.5) is 0 Å². The zero-order chi connectivity index (χ0) is 32.5. The van der Waals surface area contributed by atoms with E-state index in [0.29, 0.717) is 35.8 Å². The highest BCUT2D eigenvalue weighted by molar-refractivity contribution is 5.49. The summed E-state index contributed by atoms with van der Waals surface area (Å²) in [6.45, 7) is 4.04. The van der Waals surface area contributed by atoms with Crippen molar-refractivity contribution in [2.45, 2.75) is 49.7 Å². The summed E-state index contributed by atoms with van der Waals surface area (Å²) >= 11 is 0. The highest BCUT2D eigenvalue weighted by Crippen LogP contribution is 2.44. The van der Waals surface area contributed by atoms with Crippen molar-refractivity contribution in [3.8, 4) is 23.0 Å². The Labute approximate surface area is 267 Å². The third-order valence-corrected chi connectivity index (χ3v) is 8.45. The predicted molar refractivity (Wildman–Crippen MR) is 177 cm³/mol. The molecule has 7 nitrogen and oxygen atoms in total. The number of rotatable bonds is 16. The van der Waals surface area contributed by atoms with Gasteiger partial charge in [-0.05, 0) is 73.2 Å². The van der Waals surface area contributed by atoms with Crippen LogP contribution < -0.4 is 18.9 Å². The van der Waals surface area contributed by atoms with Gasteiger partial charge in [-0.25, -0.2) is 0 Å². The van der Waals surface area contributed by atoms with Crippen LogP contribution in [0, 0.1) is 0 Å². The van der Waals surface area contributed by atoms with Gasteiger partial charge in [-0.3, -0.25) is 0 Å². The third-order valence-electron chi connectivity index (χ3n) is 8.45. The van der Waals surface area contributed by atoms with Gasteiger partial charge in [0.25, 0.3) is 0 Å². The van der Waals surface area contributed by atoms with E-state index in [2.05, 4.69) is 24.3 Å². The molecule has 7 heteroatoms. The minimum Gasteiger partial charge on any atom is -0.497 e. The van der Waals surface area contributed by atoms with Crippen LogP contribution in [-0.2, 0) is 15.6 Å². The molecule has 0 fully saturated rings. The molecule has 240 valence electrons. The van der Waals surface area contributed by atoms with E-state index in [1.165, 1.54) is 0 Å². The van der Waals surface area contributed by atoms with Crippen LogP contribution in [0.5, 0.6) is 23.0 Å². The molecule has 0 saturated carbocycles. The van der Waals surface area contributed by atoms with Crippen LogP contribution in [0.15, 0.2) is 97.1 Å². The number of hydrogen-bond donors (Lipinski definition) is 2. The third kappa shape index (κ3) is 7.79. The monoisotopic (exact) mass is 614 g/mol. The summed E-state index contributed by atoms with van der Waals surface area (Å²) in [5.41, 5.74) is 2.24. The lowest BCUT2D eigenvalue weighted by atomic mass is 9.70. The molecule has 4 aromatic rings. The van der Waals surface area contributed by atoms with E-state index in [1.807, 2.05) is 72.8 Å². The number of methoxy groups -OCH3 is 4. The molecule has 0 aliphatic carbocycles. The summed E-state index contributed by atoms with van der Waals surface area (Å²) in [5.74, 6) is 2.58. The van der Waals surface area contributed by atoms with Gasteiger partial charge in [-0.1, -0.05) is 60.7 Å². The first-order valence-electron chi connectivity index (χ1n) is 15.2. The highest BCUT2D eigenvalue weighted by atomic mass is 16.5. The minimum atomic E-state index is -0.767. The SMILES string of the molecule is COc1cc(OC)cc(C(COCC(CC(C)O)(c2ccccc2)c2cc(OC)cc(OC)c2)(CC(C)O)c2ccccc2)c1. The molecule has 0 spiro atoms. The Kier molecular flexibility index (Phi) is 11.5. The van der Waals surface area contributed by atoms with Gasteiger partial charge in [0.1, 0.15) is 23.0 Å². The molecule has 4 unspecified atom stereocenters. The topological polar surface area (TPSA) is 86.6 Å². The zero-order valence-corrected chi connectivity index (χ0v) is 27.2. The number of ether oxygens (including phenoxy) is 5. The Balaban J connectivity index is 1.89. The van der Waals surface area contributed by atoms with Gasteiger partial charge in [0.05, 0.1) is 53.9 Å². The van der Waals surface area contributed by atoms with E-state index in [0.717, 1.165) is 22.3 Å². The maximum Gasteiger partial charge on any atom is 0.122 e. The zero-order valence-electron chi connectivity index (χ0n) is 27.2. The molecular formula is C38H46O7. The molecule has 0 aliphatic rings. The second-order valence-electron chi connectivity index (χ2n) is 11.7. The van der Waals surface area contributed by atoms with Crippen molar-refractivity contribution in [1.82, 2.24) is 0 Å². The molecule has 0 radical (unpaired) electrons. The standard InChI is InChI=1S/C38H46O7/c1-27(39)23-37(29-13-9-7-10-14-29,31-17-33(41-3)21-34(18-31)42-4)25-45-26-38(24-28(2)40,30-15-11-8-12-16-30)32-19-35(43-5)22-36(20-32)44-6/h7-22,27-28,39-40H,23-26H2,1-6H3. The van der Waals surface area contributed by atoms with Gasteiger partial charge < -0.3 is 33.9 Å². The van der Waals surface area contributed by atoms with Crippen LogP contribution in [0.3, 0.4) is 0 Å². The predicted octanol–water partition coefficient (Wildman–Crippen LogP) is 6.55. The van der Waals surface area contributed by atoms with Crippen molar-refractivity contribution in [3.05, 3.63) is 119 Å². The van der Waals surface area contributed by atoms with Gasteiger partial charge in [0, 0.05) is 23.0 Å². The van der Waals surface area contributed by atoms with Crippen LogP contribution >= 0.6 is 0 Å². The second-order valence-corrected chi connectivity index (χ2v) is 11.7. The van der Waals surface area contributed by atoms with Crippen molar-refractivity contribution in [2.24, 2.45) is 0 Å². The quantitative estimate of drug-likeness (QED) is 0.148. The van der Waals surface area contributed by atoms with Gasteiger partial charge in [-0.2, -0.15) is 0 Å². The first kappa shape index (κ1) is 33.8. The molecular weight excluding hydrogens is 568 g/mol. The fourth-order valence-corrected chi connectivity index (χ4v) is 6.35. The highest BCUT2D eigenvalue weighted by Gasteiger charge is 2.41. The normalized spacial score (nSPS) is 15.3. The summed E-state index contributed by atoms with van der Waals surface area (Å²) in [6, 6.07) is 31.8. The maximum atomic E-state index is 10.9. The van der Waals surface area contributed by atoms with E-state index in [1.54, 1.807) is 42.3 Å². The fraction of sp³-hybridized carbons (Fsp3) is 0.368. The lowest BCUT2D eigenvalue weighted by molar-refractivity contribution is 0.0334. The first-order chi connectivity index (χ1) is 21.7. The van der Waals surface area contributed by atoms with E-state index in [-0.39, 0.29) is 13.2 Å². The Bertz CT molecular complexity index is 1330. The van der Waals surface area contributed by atoms with Crippen molar-refractivity contribution in [1.29, 1.82) is 0 Å². The summed E-state index contributed by atoms with van der Waals surface area (Å²) in [5, 5.41) is 21.9. The van der Waals surface area contributed by atoms with E-state index >= 15 is 0 Å². The average Bonchev–Trinajstić information content (AvgIpc) is 3.07. The first-order valence-corrected chi connectivity index (χ1v) is 15.2. The van der Waals surface area contributed by atoms with E-state index in [4.69, 9.17) is 23.7 Å². The summed E-state index contributed by atoms with van der Waals surface area (Å²) in [7, 11) is 6.50. The van der Waals surface area contributed by atoms with Crippen molar-refractivity contribution < 1.29 is 33.9 Å². The molecule has 0 saturated heterocycles. The molecule has 0 amide bonds.